The second-order valence-electron chi connectivity index (χ2n) is 11.8. The summed E-state index contributed by atoms with van der Waals surface area (Å²) in [6.45, 7) is 5.50. The molecule has 0 bridgehead atoms. The predicted molar refractivity (Wildman–Crippen MR) is 150 cm³/mol. The fourth-order valence-electron chi connectivity index (χ4n) is 7.86. The van der Waals surface area contributed by atoms with Crippen molar-refractivity contribution in [2.75, 3.05) is 20.3 Å². The number of hydrogen-bond acceptors (Lipinski definition) is 3. The Hall–Kier alpha value is -2.63. The number of nitrogens with zero attached hydrogens (tertiary/aromatic N) is 1. The maximum atomic E-state index is 14.7. The highest BCUT2D eigenvalue weighted by molar-refractivity contribution is 5.82. The molecule has 0 spiro atoms. The molecule has 5 rings (SSSR count). The normalized spacial score (nSPS) is 27.8. The topological polar surface area (TPSA) is 38.8 Å². The number of likely N-dealkylation sites (tertiary alicyclic amines) is 1. The van der Waals surface area contributed by atoms with Gasteiger partial charge < -0.3 is 14.4 Å². The van der Waals surface area contributed by atoms with Gasteiger partial charge in [0, 0.05) is 42.3 Å². The van der Waals surface area contributed by atoms with E-state index in [-0.39, 0.29) is 42.0 Å². The zero-order valence-corrected chi connectivity index (χ0v) is 23.6. The Morgan fingerprint density at radius 2 is 1.79 bits per heavy atom. The molecule has 2 aromatic rings. The van der Waals surface area contributed by atoms with Crippen LogP contribution in [0, 0.1) is 11.8 Å². The molecule has 6 heteroatoms. The van der Waals surface area contributed by atoms with E-state index in [0.29, 0.717) is 37.7 Å². The molecule has 39 heavy (non-hydrogen) atoms. The average Bonchev–Trinajstić information content (AvgIpc) is 2.97. The van der Waals surface area contributed by atoms with Gasteiger partial charge in [0.05, 0.1) is 13.7 Å². The SMILES string of the molecule is CC[C@@H](C(=O)N1CC[C@@H](c2ccccc2)C[C@H]1C1CCC(F)(F)CC1)[C@]1(CC)CCOc2c(OC)cccc21. The number of halogens is 2. The molecule has 2 fully saturated rings. The van der Waals surface area contributed by atoms with Gasteiger partial charge in [-0.05, 0) is 68.4 Å². The number of hydrogen-bond donors (Lipinski definition) is 0. The third-order valence-electron chi connectivity index (χ3n) is 10.0. The van der Waals surface area contributed by atoms with Crippen LogP contribution >= 0.6 is 0 Å². The number of carbonyl (C=O) groups excluding carboxylic acids is 1. The minimum Gasteiger partial charge on any atom is -0.493 e. The van der Waals surface area contributed by atoms with E-state index in [9.17, 15) is 13.6 Å². The van der Waals surface area contributed by atoms with Crippen molar-refractivity contribution in [1.82, 2.24) is 4.90 Å². The van der Waals surface area contributed by atoms with Crippen LogP contribution < -0.4 is 9.47 Å². The smallest absolute Gasteiger partial charge is 0.248 e. The minimum atomic E-state index is -2.58. The summed E-state index contributed by atoms with van der Waals surface area (Å²) in [5.41, 5.74) is 2.00. The van der Waals surface area contributed by atoms with Crippen LogP contribution in [0.2, 0.25) is 0 Å². The summed E-state index contributed by atoms with van der Waals surface area (Å²) < 4.78 is 40.1. The number of ether oxygens (including phenoxy) is 2. The molecule has 0 radical (unpaired) electrons. The minimum absolute atomic E-state index is 0.0138. The van der Waals surface area contributed by atoms with Crippen LogP contribution in [-0.4, -0.2) is 43.0 Å². The molecule has 0 N–H and O–H groups in total. The molecule has 1 saturated heterocycles. The Balaban J connectivity index is 1.48. The Morgan fingerprint density at radius 3 is 2.46 bits per heavy atom. The van der Waals surface area contributed by atoms with Crippen LogP contribution in [0.25, 0.3) is 0 Å². The van der Waals surface area contributed by atoms with Crippen LogP contribution in [0.1, 0.15) is 88.7 Å². The number of rotatable bonds is 7. The summed E-state index contributed by atoms with van der Waals surface area (Å²) in [5, 5.41) is 0. The molecule has 1 aliphatic carbocycles. The molecular weight excluding hydrogens is 496 g/mol. The second-order valence-corrected chi connectivity index (χ2v) is 11.8. The number of para-hydroxylation sites is 1. The van der Waals surface area contributed by atoms with Crippen LogP contribution in [0.5, 0.6) is 11.5 Å². The molecular formula is C33H43F2NO3. The number of piperidine rings is 1. The number of amides is 1. The van der Waals surface area contributed by atoms with Crippen molar-refractivity contribution in [3.8, 4) is 11.5 Å². The van der Waals surface area contributed by atoms with E-state index in [4.69, 9.17) is 9.47 Å². The van der Waals surface area contributed by atoms with Crippen molar-refractivity contribution >= 4 is 5.91 Å². The summed E-state index contributed by atoms with van der Waals surface area (Å²) in [6, 6.07) is 16.5. The highest BCUT2D eigenvalue weighted by Gasteiger charge is 2.50. The monoisotopic (exact) mass is 539 g/mol. The number of fused-ring (bicyclic) bond motifs is 1. The summed E-state index contributed by atoms with van der Waals surface area (Å²) in [6.07, 6.45) is 4.86. The predicted octanol–water partition coefficient (Wildman–Crippen LogP) is 7.75. The lowest BCUT2D eigenvalue weighted by Gasteiger charge is -2.50. The number of benzene rings is 2. The summed E-state index contributed by atoms with van der Waals surface area (Å²) in [5.74, 6) is -0.692. The van der Waals surface area contributed by atoms with Crippen molar-refractivity contribution in [2.45, 2.75) is 94.9 Å². The highest BCUT2D eigenvalue weighted by Crippen LogP contribution is 2.52. The average molecular weight is 540 g/mol. The highest BCUT2D eigenvalue weighted by atomic mass is 19.3. The molecule has 3 aliphatic rings. The van der Waals surface area contributed by atoms with Crippen molar-refractivity contribution in [2.24, 2.45) is 11.8 Å². The molecule has 212 valence electrons. The van der Waals surface area contributed by atoms with E-state index in [1.165, 1.54) is 5.56 Å². The molecule has 1 amide bonds. The largest absolute Gasteiger partial charge is 0.493 e. The van der Waals surface area contributed by atoms with Gasteiger partial charge in [0.25, 0.3) is 0 Å². The molecule has 0 unspecified atom stereocenters. The number of methoxy groups -OCH3 is 1. The molecule has 4 atom stereocenters. The maximum absolute atomic E-state index is 14.7. The van der Waals surface area contributed by atoms with E-state index >= 15 is 0 Å². The number of alkyl halides is 2. The first-order valence-electron chi connectivity index (χ1n) is 14.9. The van der Waals surface area contributed by atoms with Crippen molar-refractivity contribution in [1.29, 1.82) is 0 Å². The maximum Gasteiger partial charge on any atom is 0.248 e. The van der Waals surface area contributed by atoms with E-state index in [0.717, 1.165) is 43.4 Å². The van der Waals surface area contributed by atoms with Gasteiger partial charge in [0.1, 0.15) is 0 Å². The summed E-state index contributed by atoms with van der Waals surface area (Å²) in [7, 11) is 1.65. The lowest BCUT2D eigenvalue weighted by atomic mass is 9.63. The fraction of sp³-hybridized carbons (Fsp3) is 0.606. The van der Waals surface area contributed by atoms with Crippen molar-refractivity contribution < 1.29 is 23.0 Å². The van der Waals surface area contributed by atoms with Crippen molar-refractivity contribution in [3.63, 3.8) is 0 Å². The Bertz CT molecular complexity index is 1130. The van der Waals surface area contributed by atoms with E-state index < -0.39 is 5.92 Å². The van der Waals surface area contributed by atoms with Gasteiger partial charge in [0.2, 0.25) is 11.8 Å². The zero-order chi connectivity index (χ0) is 27.6. The van der Waals surface area contributed by atoms with E-state index in [2.05, 4.69) is 49.1 Å². The van der Waals surface area contributed by atoms with Crippen LogP contribution in [0.15, 0.2) is 48.5 Å². The van der Waals surface area contributed by atoms with Gasteiger partial charge in [-0.2, -0.15) is 0 Å². The third kappa shape index (κ3) is 5.28. The van der Waals surface area contributed by atoms with E-state index in [1.807, 2.05) is 18.2 Å². The number of carbonyl (C=O) groups is 1. The van der Waals surface area contributed by atoms with E-state index in [1.54, 1.807) is 7.11 Å². The van der Waals surface area contributed by atoms with Crippen LogP contribution in [-0.2, 0) is 10.2 Å². The fourth-order valence-corrected chi connectivity index (χ4v) is 7.86. The van der Waals surface area contributed by atoms with Crippen LogP contribution in [0.4, 0.5) is 8.78 Å². The lowest BCUT2D eigenvalue weighted by Crippen LogP contribution is -2.55. The summed E-state index contributed by atoms with van der Waals surface area (Å²) >= 11 is 0. The zero-order valence-electron chi connectivity index (χ0n) is 23.6. The quantitative estimate of drug-likeness (QED) is 0.361. The first-order valence-corrected chi connectivity index (χ1v) is 14.9. The standard InChI is InChI=1S/C33H43F2NO3/c1-4-26(32(5-2)19-21-39-30-27(32)12-9-13-29(30)38-3)31(37)36-20-16-25(23-10-7-6-8-11-23)22-28(36)24-14-17-33(34,35)18-15-24/h6-13,24-26,28H,4-5,14-22H2,1-3H3/t25-,26+,28+,32+/m1/s1. The van der Waals surface area contributed by atoms with Gasteiger partial charge >= 0.3 is 0 Å². The van der Waals surface area contributed by atoms with Gasteiger partial charge in [-0.25, -0.2) is 8.78 Å². The first kappa shape index (κ1) is 27.9. The molecule has 2 aromatic carbocycles. The van der Waals surface area contributed by atoms with Gasteiger partial charge in [-0.15, -0.1) is 0 Å². The molecule has 2 aliphatic heterocycles. The lowest BCUT2D eigenvalue weighted by molar-refractivity contribution is -0.146. The Morgan fingerprint density at radius 1 is 1.05 bits per heavy atom. The van der Waals surface area contributed by atoms with Crippen LogP contribution in [0.3, 0.4) is 0 Å². The summed E-state index contributed by atoms with van der Waals surface area (Å²) in [4.78, 5) is 16.8. The molecule has 1 saturated carbocycles. The Labute approximate surface area is 232 Å². The third-order valence-corrected chi connectivity index (χ3v) is 10.0. The molecule has 4 nitrogen and oxygen atoms in total. The molecule has 2 heterocycles. The first-order chi connectivity index (χ1) is 18.8. The second kappa shape index (κ2) is 11.5. The van der Waals surface area contributed by atoms with Crippen molar-refractivity contribution in [3.05, 3.63) is 59.7 Å². The van der Waals surface area contributed by atoms with Gasteiger partial charge in [-0.1, -0.05) is 56.3 Å². The van der Waals surface area contributed by atoms with Gasteiger partial charge in [0.15, 0.2) is 11.5 Å². The van der Waals surface area contributed by atoms with Gasteiger partial charge in [-0.3, -0.25) is 4.79 Å². The Kier molecular flexibility index (Phi) is 8.21. The molecule has 0 aromatic heterocycles.